The molecule has 8 aliphatic carbocycles. The van der Waals surface area contributed by atoms with Crippen LogP contribution in [0.3, 0.4) is 0 Å². The number of benzene rings is 4. The van der Waals surface area contributed by atoms with Gasteiger partial charge in [0.25, 0.3) is 0 Å². The van der Waals surface area contributed by atoms with E-state index in [0.29, 0.717) is 0 Å². The molecule has 0 amide bonds. The van der Waals surface area contributed by atoms with Gasteiger partial charge in [0.05, 0.1) is 0 Å². The van der Waals surface area contributed by atoms with E-state index in [0.717, 1.165) is 71.8 Å². The van der Waals surface area contributed by atoms with Crippen molar-refractivity contribution < 1.29 is 0 Å². The van der Waals surface area contributed by atoms with E-state index < -0.39 is 0 Å². The van der Waals surface area contributed by atoms with Crippen molar-refractivity contribution in [3.05, 3.63) is 188 Å². The molecule has 18 rings (SSSR count). The van der Waals surface area contributed by atoms with Crippen LogP contribution in [0.25, 0.3) is 0 Å². The van der Waals surface area contributed by atoms with E-state index in [2.05, 4.69) is 192 Å². The lowest BCUT2D eigenvalue weighted by atomic mass is 9.74. The largest absolute Gasteiger partial charge is 0.300 e. The fourth-order valence-corrected chi connectivity index (χ4v) is 22.1. The first-order valence-electron chi connectivity index (χ1n) is 40.3. The zero-order chi connectivity index (χ0) is 65.0. The van der Waals surface area contributed by atoms with Crippen LogP contribution in [-0.4, -0.2) is 144 Å². The first-order valence-corrected chi connectivity index (χ1v) is 40.3. The van der Waals surface area contributed by atoms with Crippen molar-refractivity contribution in [3.8, 4) is 0 Å². The summed E-state index contributed by atoms with van der Waals surface area (Å²) in [6.07, 6.45) is 46.3. The molecular formula is C89H128N6. The van der Waals surface area contributed by atoms with Crippen LogP contribution in [0.4, 0.5) is 0 Å². The second-order valence-corrected chi connectivity index (χ2v) is 31.9. The van der Waals surface area contributed by atoms with Gasteiger partial charge in [-0.25, -0.2) is 0 Å². The summed E-state index contributed by atoms with van der Waals surface area (Å²) in [6.45, 7) is 29.4. The van der Waals surface area contributed by atoms with Crippen LogP contribution in [0.1, 0.15) is 233 Å². The molecule has 14 aliphatic rings. The normalized spacial score (nSPS) is 31.5. The molecule has 12 atom stereocenters. The Morgan fingerprint density at radius 3 is 1.36 bits per heavy atom. The number of hydrogen-bond acceptors (Lipinski definition) is 6. The van der Waals surface area contributed by atoms with E-state index >= 15 is 0 Å². The highest BCUT2D eigenvalue weighted by atomic mass is 15.2. The first kappa shape index (κ1) is 69.1. The van der Waals surface area contributed by atoms with Crippen molar-refractivity contribution in [2.45, 2.75) is 263 Å². The van der Waals surface area contributed by atoms with Crippen molar-refractivity contribution in [2.75, 3.05) is 78.5 Å². The molecule has 6 aliphatic heterocycles. The van der Waals surface area contributed by atoms with Crippen LogP contribution in [0.2, 0.25) is 0 Å². The molecule has 6 fully saturated rings. The van der Waals surface area contributed by atoms with E-state index in [1.165, 1.54) is 252 Å². The number of likely N-dealkylation sites (N-methyl/N-ethyl adjacent to an activating group) is 3. The van der Waals surface area contributed by atoms with Crippen molar-refractivity contribution >= 4 is 0 Å². The Balaban J connectivity index is 0.000000103. The number of piperidine rings is 6. The standard InChI is InChI=1S/C16H23N.3C15H21N.2C14H21N/c1-13-5-4-10-17(12-13)16-9-8-14-6-2-3-7-15(14)11-16;2*1-2-16-11-5-8-14-13-7-4-3-6-12(13)9-10-15(14)16;1-2-16-9-5-8-14-10-12-6-3-4-7-13(12)11-15(14)16;1-2-15-10-4-7-13-12-6-3-5-11(12)8-9-14(13)15;1-2-15-8-4-7-13-9-11-5-3-6-12(11)10-14(13)15/h2-3,6-7,13,16H,4-5,8-12H2,1H3;3*3-4,6-7,14-15H,2,5,8-11H2,1H3;3,5,13-14H,2,4,6-10H2,1H3;3,6,13-14H,2,4-5,7-10H2,1H3. The highest BCUT2D eigenvalue weighted by Crippen LogP contribution is 2.46. The Labute approximate surface area is 579 Å². The summed E-state index contributed by atoms with van der Waals surface area (Å²) in [5, 5.41) is 0. The van der Waals surface area contributed by atoms with Crippen LogP contribution in [0.15, 0.2) is 144 Å². The maximum atomic E-state index is 2.75. The minimum atomic E-state index is 0.813. The topological polar surface area (TPSA) is 19.4 Å². The molecular weight excluding hydrogens is 1150 g/mol. The van der Waals surface area contributed by atoms with Gasteiger partial charge in [-0.3, -0.25) is 4.90 Å². The van der Waals surface area contributed by atoms with E-state index in [1.54, 1.807) is 66.8 Å². The van der Waals surface area contributed by atoms with Gasteiger partial charge in [-0.1, -0.05) is 174 Å². The summed E-state index contributed by atoms with van der Waals surface area (Å²) in [7, 11) is 0. The van der Waals surface area contributed by atoms with Gasteiger partial charge < -0.3 is 24.5 Å². The maximum Gasteiger partial charge on any atom is 0.0167 e. The number of hydrogen-bond donors (Lipinski definition) is 0. The van der Waals surface area contributed by atoms with Gasteiger partial charge >= 0.3 is 0 Å². The van der Waals surface area contributed by atoms with Crippen LogP contribution in [0, 0.1) is 23.7 Å². The fourth-order valence-electron chi connectivity index (χ4n) is 22.1. The Morgan fingerprint density at radius 2 is 0.779 bits per heavy atom. The average Bonchev–Trinajstić information content (AvgIpc) is 1.95. The number of fused-ring (bicyclic) bond motifs is 12. The number of aryl methyl sites for hydroxylation is 3. The number of likely N-dealkylation sites (tertiary alicyclic amines) is 6. The quantitative estimate of drug-likeness (QED) is 0.190. The maximum absolute atomic E-state index is 2.75. The molecule has 0 N–H and O–H groups in total. The minimum absolute atomic E-state index is 0.813. The van der Waals surface area contributed by atoms with E-state index in [4.69, 9.17) is 0 Å². The molecule has 95 heavy (non-hydrogen) atoms. The molecule has 6 saturated heterocycles. The fraction of sp³-hybridized carbons (Fsp3) is 0.640. The molecule has 0 saturated carbocycles. The van der Waals surface area contributed by atoms with Gasteiger partial charge in [0, 0.05) is 42.8 Å². The molecule has 4 aromatic carbocycles. The Hall–Kier alpha value is -4.40. The van der Waals surface area contributed by atoms with E-state index in [9.17, 15) is 0 Å². The summed E-state index contributed by atoms with van der Waals surface area (Å²) in [4.78, 5) is 16.3. The van der Waals surface area contributed by atoms with Crippen molar-refractivity contribution in [1.82, 2.24) is 29.4 Å². The summed E-state index contributed by atoms with van der Waals surface area (Å²) >= 11 is 0. The third-order valence-corrected chi connectivity index (χ3v) is 27.0. The van der Waals surface area contributed by atoms with Gasteiger partial charge in [-0.2, -0.15) is 0 Å². The van der Waals surface area contributed by atoms with Crippen LogP contribution < -0.4 is 0 Å². The first-order chi connectivity index (χ1) is 46.8. The highest BCUT2D eigenvalue weighted by molar-refractivity contribution is 5.41. The van der Waals surface area contributed by atoms with Gasteiger partial charge in [-0.15, -0.1) is 0 Å². The number of nitrogens with zero attached hydrogens (tertiary/aromatic N) is 6. The second-order valence-electron chi connectivity index (χ2n) is 31.9. The van der Waals surface area contributed by atoms with Crippen molar-refractivity contribution in [1.29, 1.82) is 0 Å². The van der Waals surface area contributed by atoms with E-state index in [1.807, 2.05) is 0 Å². The molecule has 12 unspecified atom stereocenters. The predicted octanol–water partition coefficient (Wildman–Crippen LogP) is 18.8. The molecule has 514 valence electrons. The lowest BCUT2D eigenvalue weighted by molar-refractivity contribution is 0.0909. The Bertz CT molecular complexity index is 3140. The average molecular weight is 1280 g/mol. The third-order valence-electron chi connectivity index (χ3n) is 27.0. The molecule has 6 heterocycles. The lowest BCUT2D eigenvalue weighted by Gasteiger charge is -2.44. The van der Waals surface area contributed by atoms with E-state index in [-0.39, 0.29) is 0 Å². The second kappa shape index (κ2) is 33.6. The predicted molar refractivity (Wildman–Crippen MR) is 403 cm³/mol. The summed E-state index contributed by atoms with van der Waals surface area (Å²) in [6, 6.07) is 41.3. The van der Waals surface area contributed by atoms with Gasteiger partial charge in [0.15, 0.2) is 0 Å². The highest BCUT2D eigenvalue weighted by Gasteiger charge is 2.41. The zero-order valence-corrected chi connectivity index (χ0v) is 60.7. The molecule has 0 bridgehead atoms. The summed E-state index contributed by atoms with van der Waals surface area (Å²) in [5.41, 5.74) is 19.9. The van der Waals surface area contributed by atoms with Gasteiger partial charge in [0.1, 0.15) is 0 Å². The molecule has 6 nitrogen and oxygen atoms in total. The molecule has 0 aromatic heterocycles. The van der Waals surface area contributed by atoms with Crippen LogP contribution in [-0.2, 0) is 38.5 Å². The van der Waals surface area contributed by atoms with Crippen LogP contribution in [0.5, 0.6) is 0 Å². The third kappa shape index (κ3) is 16.3. The SMILES string of the molecule is CC1CCCN(C2CCc3ccccc3C2)C1.CCN1CCCC2C3=C(C=CC3)CCC21.CCN1CCCC2CC3=C(C=CC3)CC21.CCN1CCCC2Cc3ccccc3CC21.CCN1CCCC2c3ccccc3CCC21.CCN1CCCC2c3ccccc3CCC21. The summed E-state index contributed by atoms with van der Waals surface area (Å²) in [5.74, 6) is 5.33. The zero-order valence-electron chi connectivity index (χ0n) is 60.7. The molecule has 0 spiro atoms. The summed E-state index contributed by atoms with van der Waals surface area (Å²) < 4.78 is 0. The Kier molecular flexibility index (Phi) is 24.5. The Morgan fingerprint density at radius 1 is 0.347 bits per heavy atom. The molecule has 6 heteroatoms. The van der Waals surface area contributed by atoms with Gasteiger partial charge in [-0.05, 0) is 337 Å². The minimum Gasteiger partial charge on any atom is -0.300 e. The number of rotatable bonds is 6. The van der Waals surface area contributed by atoms with Crippen molar-refractivity contribution in [2.24, 2.45) is 23.7 Å². The smallest absolute Gasteiger partial charge is 0.0167 e. The van der Waals surface area contributed by atoms with Crippen LogP contribution >= 0.6 is 0 Å². The molecule has 4 aromatic rings. The molecule has 0 radical (unpaired) electrons. The lowest BCUT2D eigenvalue weighted by Crippen LogP contribution is -2.48. The monoisotopic (exact) mass is 1280 g/mol. The van der Waals surface area contributed by atoms with Gasteiger partial charge in [0.2, 0.25) is 0 Å². The number of allylic oxidation sites excluding steroid dienone is 6. The van der Waals surface area contributed by atoms with Crippen molar-refractivity contribution in [3.63, 3.8) is 0 Å².